The lowest BCUT2D eigenvalue weighted by Crippen LogP contribution is -2.62. The van der Waals surface area contributed by atoms with Crippen LogP contribution in [0.1, 0.15) is 40.8 Å². The molecule has 3 aliphatic rings. The predicted octanol–water partition coefficient (Wildman–Crippen LogP) is 2.76. The molecule has 0 unspecified atom stereocenters. The zero-order valence-electron chi connectivity index (χ0n) is 15.7. The molecule has 1 amide bonds. The molecule has 2 atom stereocenters. The van der Waals surface area contributed by atoms with Crippen molar-refractivity contribution in [3.05, 3.63) is 29.8 Å². The van der Waals surface area contributed by atoms with Crippen molar-refractivity contribution in [2.75, 3.05) is 19.7 Å². The monoisotopic (exact) mass is 411 g/mol. The summed E-state index contributed by atoms with van der Waals surface area (Å²) in [6.45, 7) is 2.48. The second-order valence-corrected chi connectivity index (χ2v) is 7.52. The lowest BCUT2D eigenvalue weighted by molar-refractivity contribution is -0.161. The van der Waals surface area contributed by atoms with Crippen LogP contribution in [0.4, 0.5) is 13.2 Å². The van der Waals surface area contributed by atoms with Gasteiger partial charge in [-0.15, -0.1) is 0 Å². The highest BCUT2D eigenvalue weighted by atomic mass is 19.4. The van der Waals surface area contributed by atoms with Gasteiger partial charge in [0.05, 0.1) is 0 Å². The fourth-order valence-corrected chi connectivity index (χ4v) is 4.15. The van der Waals surface area contributed by atoms with Gasteiger partial charge in [-0.3, -0.25) is 14.7 Å². The first kappa shape index (κ1) is 19.7. The largest absolute Gasteiger partial charge is 0.450 e. The highest BCUT2D eigenvalue weighted by Gasteiger charge is 2.40. The van der Waals surface area contributed by atoms with Crippen molar-refractivity contribution in [3.63, 3.8) is 0 Å². The van der Waals surface area contributed by atoms with Gasteiger partial charge >= 0.3 is 12.1 Å². The molecule has 3 aliphatic heterocycles. The van der Waals surface area contributed by atoms with Gasteiger partial charge in [0.1, 0.15) is 11.3 Å². The first-order valence-electron chi connectivity index (χ1n) is 9.39. The molecule has 29 heavy (non-hydrogen) atoms. The molecule has 2 bridgehead atoms. The Morgan fingerprint density at radius 1 is 1.31 bits per heavy atom. The van der Waals surface area contributed by atoms with Crippen molar-refractivity contribution in [1.29, 1.82) is 0 Å². The third-order valence-corrected chi connectivity index (χ3v) is 5.68. The number of hydrogen-bond donors (Lipinski definition) is 1. The van der Waals surface area contributed by atoms with Gasteiger partial charge in [-0.1, -0.05) is 0 Å². The number of aromatic nitrogens is 1. The molecule has 2 aromatic heterocycles. The van der Waals surface area contributed by atoms with E-state index in [1.54, 1.807) is 0 Å². The maximum atomic E-state index is 12.7. The number of rotatable bonds is 4. The molecule has 5 heterocycles. The molecule has 2 aromatic rings. The van der Waals surface area contributed by atoms with E-state index in [0.717, 1.165) is 25.9 Å². The summed E-state index contributed by atoms with van der Waals surface area (Å²) in [5, 5.41) is 3.43. The van der Waals surface area contributed by atoms with Crippen LogP contribution in [-0.4, -0.2) is 59.7 Å². The molecule has 7 nitrogen and oxygen atoms in total. The average molecular weight is 411 g/mol. The lowest BCUT2D eigenvalue weighted by Gasteiger charge is -2.49. The second kappa shape index (κ2) is 7.33. The van der Waals surface area contributed by atoms with E-state index in [9.17, 15) is 22.8 Å². The van der Waals surface area contributed by atoms with Gasteiger partial charge in [0, 0.05) is 35.8 Å². The number of nitrogens with zero attached hydrogens (tertiary/aromatic N) is 2. The third-order valence-electron chi connectivity index (χ3n) is 5.68. The molecule has 0 radical (unpaired) electrons. The molecule has 0 aliphatic carbocycles. The van der Waals surface area contributed by atoms with Crippen LogP contribution < -0.4 is 5.32 Å². The van der Waals surface area contributed by atoms with Crippen molar-refractivity contribution >= 4 is 22.8 Å². The number of fused-ring (bicyclic) bond motifs is 4. The average Bonchev–Trinajstić information content (AvgIpc) is 3.12. The van der Waals surface area contributed by atoms with Gasteiger partial charge in [0.15, 0.2) is 6.61 Å². The third kappa shape index (κ3) is 4.07. The quantitative estimate of drug-likeness (QED) is 0.779. The van der Waals surface area contributed by atoms with E-state index < -0.39 is 18.8 Å². The number of furan rings is 1. The van der Waals surface area contributed by atoms with Gasteiger partial charge in [0.25, 0.3) is 5.91 Å². The van der Waals surface area contributed by atoms with Crippen LogP contribution in [-0.2, 0) is 4.74 Å². The molecule has 10 heteroatoms. The molecule has 3 fully saturated rings. The Morgan fingerprint density at radius 3 is 2.69 bits per heavy atom. The summed E-state index contributed by atoms with van der Waals surface area (Å²) in [7, 11) is 0. The Labute approximate surface area is 164 Å². The summed E-state index contributed by atoms with van der Waals surface area (Å²) in [4.78, 5) is 30.9. The zero-order valence-corrected chi connectivity index (χ0v) is 15.7. The van der Waals surface area contributed by atoms with Crippen LogP contribution in [0.2, 0.25) is 0 Å². The number of carbonyl (C=O) groups is 2. The summed E-state index contributed by atoms with van der Waals surface area (Å²) in [6, 6.07) is 2.89. The van der Waals surface area contributed by atoms with Gasteiger partial charge in [-0.2, -0.15) is 13.2 Å². The summed E-state index contributed by atoms with van der Waals surface area (Å²) in [5.41, 5.74) is 0.289. The van der Waals surface area contributed by atoms with E-state index in [1.165, 1.54) is 18.3 Å². The maximum absolute atomic E-state index is 12.7. The highest BCUT2D eigenvalue weighted by Crippen LogP contribution is 2.32. The Morgan fingerprint density at radius 2 is 2.03 bits per heavy atom. The minimum atomic E-state index is -4.62. The number of nitrogens with one attached hydrogen (secondary N) is 1. The first-order valence-corrected chi connectivity index (χ1v) is 9.39. The van der Waals surface area contributed by atoms with E-state index in [2.05, 4.69) is 26.9 Å². The fraction of sp³-hybridized carbons (Fsp3) is 0.526. The van der Waals surface area contributed by atoms with E-state index in [1.807, 2.05) is 0 Å². The Kier molecular flexibility index (Phi) is 4.97. The number of ether oxygens (including phenoxy) is 1. The number of alkyl halides is 3. The van der Waals surface area contributed by atoms with E-state index >= 15 is 0 Å². The van der Waals surface area contributed by atoms with Gasteiger partial charge in [0.2, 0.25) is 5.76 Å². The van der Waals surface area contributed by atoms with Crippen molar-refractivity contribution in [1.82, 2.24) is 15.2 Å². The molecular weight excluding hydrogens is 391 g/mol. The number of carbonyl (C=O) groups excluding carboxylic acids is 2. The molecule has 156 valence electrons. The van der Waals surface area contributed by atoms with E-state index in [0.29, 0.717) is 11.3 Å². The molecule has 0 aromatic carbocycles. The van der Waals surface area contributed by atoms with Crippen molar-refractivity contribution in [2.24, 2.45) is 5.92 Å². The summed E-state index contributed by atoms with van der Waals surface area (Å²) in [6.07, 6.45) is -1.19. The summed E-state index contributed by atoms with van der Waals surface area (Å²) >= 11 is 0. The zero-order chi connectivity index (χ0) is 20.8. The maximum Gasteiger partial charge on any atom is 0.422 e. The van der Waals surface area contributed by atoms with Crippen LogP contribution in [0.15, 0.2) is 22.7 Å². The van der Waals surface area contributed by atoms with Crippen molar-refractivity contribution in [3.8, 4) is 0 Å². The van der Waals surface area contributed by atoms with E-state index in [-0.39, 0.29) is 35.0 Å². The predicted molar refractivity (Wildman–Crippen MR) is 95.4 cm³/mol. The van der Waals surface area contributed by atoms with Crippen LogP contribution >= 0.6 is 0 Å². The van der Waals surface area contributed by atoms with Crippen molar-refractivity contribution in [2.45, 2.75) is 38.0 Å². The number of amides is 1. The Bertz CT molecular complexity index is 932. The minimum Gasteiger partial charge on any atom is -0.450 e. The first-order chi connectivity index (χ1) is 13.7. The second-order valence-electron chi connectivity index (χ2n) is 7.52. The summed E-state index contributed by atoms with van der Waals surface area (Å²) < 4.78 is 46.0. The standard InChI is InChI=1S/C19H20F3N3O4/c1-10-16(11-2-4-25(10)5-3-11)24-17(26)13-7-14-12(8-23-13)6-15(29-14)18(27)28-9-19(20,21)22/h6-8,10-11,16H,2-5,9H2,1H3,(H,24,26)/t10-,16+/m1/s1. The van der Waals surface area contributed by atoms with Crippen molar-refractivity contribution < 1.29 is 31.9 Å². The SMILES string of the molecule is C[C@@H]1[C@H](NC(=O)c2cc3oc(C(=O)OCC(F)(F)F)cc3cn2)C2CCN1CC2. The number of piperidine rings is 3. The number of pyridine rings is 1. The van der Waals surface area contributed by atoms with Gasteiger partial charge in [-0.05, 0) is 38.8 Å². The lowest BCUT2D eigenvalue weighted by atomic mass is 9.79. The van der Waals surface area contributed by atoms with Gasteiger partial charge in [-0.25, -0.2) is 4.79 Å². The normalized spacial score (nSPS) is 26.5. The Hall–Kier alpha value is -2.62. The van der Waals surface area contributed by atoms with Crippen LogP contribution in [0.5, 0.6) is 0 Å². The number of halogens is 3. The van der Waals surface area contributed by atoms with Gasteiger partial charge < -0.3 is 14.5 Å². The molecule has 3 saturated heterocycles. The summed E-state index contributed by atoms with van der Waals surface area (Å²) in [5.74, 6) is -1.53. The molecule has 0 spiro atoms. The topological polar surface area (TPSA) is 84.7 Å². The molecular formula is C19H20F3N3O4. The number of esters is 1. The fourth-order valence-electron chi connectivity index (χ4n) is 4.15. The molecule has 0 saturated carbocycles. The molecule has 5 rings (SSSR count). The molecule has 1 N–H and O–H groups in total. The number of hydrogen-bond acceptors (Lipinski definition) is 6. The van der Waals surface area contributed by atoms with Crippen LogP contribution in [0.25, 0.3) is 11.0 Å². The smallest absolute Gasteiger partial charge is 0.422 e. The highest BCUT2D eigenvalue weighted by molar-refractivity contribution is 5.97. The Balaban J connectivity index is 1.47. The van der Waals surface area contributed by atoms with E-state index in [4.69, 9.17) is 4.42 Å². The minimum absolute atomic E-state index is 0.0343. The van der Waals surface area contributed by atoms with Crippen LogP contribution in [0, 0.1) is 5.92 Å². The van der Waals surface area contributed by atoms with Crippen LogP contribution in [0.3, 0.4) is 0 Å².